The Morgan fingerprint density at radius 3 is 1.51 bits per heavy atom. The van der Waals surface area contributed by atoms with Gasteiger partial charge in [-0.1, -0.05) is 130 Å². The van der Waals surface area contributed by atoms with Gasteiger partial charge in [-0.15, -0.1) is 0 Å². The smallest absolute Gasteiger partial charge is 0.224 e. The fourth-order valence-electron chi connectivity index (χ4n) is 5.39. The second kappa shape index (κ2) is 21.8. The number of amides is 1. The van der Waals surface area contributed by atoms with Gasteiger partial charge in [-0.3, -0.25) is 4.79 Å². The minimum atomic E-state index is 0.113. The van der Waals surface area contributed by atoms with E-state index in [4.69, 9.17) is 9.97 Å². The Hall–Kier alpha value is -1.97. The van der Waals surface area contributed by atoms with Crippen molar-refractivity contribution in [1.82, 2.24) is 9.97 Å². The number of fused-ring (bicyclic) bond motifs is 1. The molecule has 0 aliphatic rings. The van der Waals surface area contributed by atoms with Crippen LogP contribution in [0, 0.1) is 0 Å². The predicted molar refractivity (Wildman–Crippen MR) is 170 cm³/mol. The normalized spacial score (nSPS) is 11.4. The van der Waals surface area contributed by atoms with Crippen LogP contribution < -0.4 is 5.32 Å². The molecule has 1 aromatic heterocycles. The van der Waals surface area contributed by atoms with Gasteiger partial charge in [0, 0.05) is 12.1 Å². The third-order valence-electron chi connectivity index (χ3n) is 7.89. The average molecular weight is 538 g/mol. The summed E-state index contributed by atoms with van der Waals surface area (Å²) < 4.78 is 0. The molecule has 0 radical (unpaired) electrons. The van der Waals surface area contributed by atoms with E-state index in [9.17, 15) is 4.79 Å². The van der Waals surface area contributed by atoms with Gasteiger partial charge in [0.2, 0.25) is 5.91 Å². The number of nitrogens with zero attached hydrogens (tertiary/aromatic N) is 2. The third kappa shape index (κ3) is 14.8. The van der Waals surface area contributed by atoms with Crippen LogP contribution in [0.1, 0.15) is 167 Å². The third-order valence-corrected chi connectivity index (χ3v) is 7.89. The second-order valence-corrected chi connectivity index (χ2v) is 11.6. The maximum atomic E-state index is 12.6. The van der Waals surface area contributed by atoms with Crippen LogP contribution in [-0.4, -0.2) is 15.9 Å². The zero-order valence-electron chi connectivity index (χ0n) is 25.8. The molecule has 0 aliphatic carbocycles. The van der Waals surface area contributed by atoms with Gasteiger partial charge in [0.1, 0.15) is 0 Å². The Balaban J connectivity index is 1.77. The second-order valence-electron chi connectivity index (χ2n) is 11.6. The molecule has 0 fully saturated rings. The van der Waals surface area contributed by atoms with Crippen LogP contribution in [0.3, 0.4) is 0 Å². The van der Waals surface area contributed by atoms with Crippen molar-refractivity contribution in [3.63, 3.8) is 0 Å². The van der Waals surface area contributed by atoms with Gasteiger partial charge >= 0.3 is 0 Å². The van der Waals surface area contributed by atoms with Crippen molar-refractivity contribution < 1.29 is 4.79 Å². The van der Waals surface area contributed by atoms with E-state index < -0.39 is 0 Å². The highest BCUT2D eigenvalue weighted by molar-refractivity contribution is 5.92. The van der Waals surface area contributed by atoms with Crippen molar-refractivity contribution in [2.45, 2.75) is 168 Å². The van der Waals surface area contributed by atoms with Gasteiger partial charge in [-0.25, -0.2) is 9.97 Å². The summed E-state index contributed by atoms with van der Waals surface area (Å²) in [6.45, 7) is 6.78. The van der Waals surface area contributed by atoms with E-state index in [0.29, 0.717) is 6.42 Å². The molecule has 0 saturated carbocycles. The molecule has 1 amide bonds. The molecule has 0 bridgehead atoms. The van der Waals surface area contributed by atoms with Gasteiger partial charge in [-0.05, 0) is 50.3 Å². The van der Waals surface area contributed by atoms with Crippen LogP contribution in [0.4, 0.5) is 5.69 Å². The molecule has 0 atom stereocenters. The van der Waals surface area contributed by atoms with Gasteiger partial charge < -0.3 is 5.32 Å². The first-order valence-corrected chi connectivity index (χ1v) is 16.8. The lowest BCUT2D eigenvalue weighted by molar-refractivity contribution is -0.116. The van der Waals surface area contributed by atoms with Gasteiger partial charge in [0.15, 0.2) is 0 Å². The molecule has 2 aromatic rings. The van der Waals surface area contributed by atoms with Crippen molar-refractivity contribution in [3.05, 3.63) is 29.6 Å². The summed E-state index contributed by atoms with van der Waals surface area (Å²) in [6, 6.07) is 6.02. The minimum absolute atomic E-state index is 0.113. The van der Waals surface area contributed by atoms with E-state index in [2.05, 4.69) is 26.1 Å². The molecule has 0 saturated heterocycles. The fourth-order valence-corrected chi connectivity index (χ4v) is 5.39. The van der Waals surface area contributed by atoms with Crippen LogP contribution in [0.25, 0.3) is 11.0 Å². The summed E-state index contributed by atoms with van der Waals surface area (Å²) in [5, 5.41) is 3.11. The highest BCUT2D eigenvalue weighted by Crippen LogP contribution is 2.22. The Bertz CT molecular complexity index is 910. The van der Waals surface area contributed by atoms with Gasteiger partial charge in [-0.2, -0.15) is 0 Å². The highest BCUT2D eigenvalue weighted by Gasteiger charge is 2.11. The summed E-state index contributed by atoms with van der Waals surface area (Å²) in [5.41, 5.74) is 5.03. The van der Waals surface area contributed by atoms with E-state index in [1.807, 2.05) is 18.2 Å². The molecule has 1 heterocycles. The molecule has 220 valence electrons. The van der Waals surface area contributed by atoms with Crippen LogP contribution in [0.15, 0.2) is 18.2 Å². The zero-order valence-corrected chi connectivity index (χ0v) is 25.8. The Morgan fingerprint density at radius 2 is 1.00 bits per heavy atom. The summed E-state index contributed by atoms with van der Waals surface area (Å²) in [4.78, 5) is 22.7. The van der Waals surface area contributed by atoms with Crippen molar-refractivity contribution >= 4 is 22.6 Å². The zero-order chi connectivity index (χ0) is 28.0. The van der Waals surface area contributed by atoms with Gasteiger partial charge in [0.25, 0.3) is 0 Å². The first-order valence-electron chi connectivity index (χ1n) is 16.8. The number of carbonyl (C=O) groups is 1. The number of hydrogen-bond donors (Lipinski definition) is 1. The number of rotatable bonds is 24. The van der Waals surface area contributed by atoms with E-state index in [-0.39, 0.29) is 5.91 Å². The Labute approximate surface area is 240 Å². The molecule has 0 aliphatic heterocycles. The molecule has 0 unspecified atom stereocenters. The molecular weight excluding hydrogens is 478 g/mol. The number of benzene rings is 1. The molecule has 4 heteroatoms. The quantitative estimate of drug-likeness (QED) is 0.135. The lowest BCUT2D eigenvalue weighted by atomic mass is 10.0. The largest absolute Gasteiger partial charge is 0.326 e. The molecule has 39 heavy (non-hydrogen) atoms. The number of hydrogen-bond acceptors (Lipinski definition) is 3. The lowest BCUT2D eigenvalue weighted by Crippen LogP contribution is -2.11. The molecule has 4 nitrogen and oxygen atoms in total. The summed E-state index contributed by atoms with van der Waals surface area (Å²) in [6.07, 6.45) is 28.3. The van der Waals surface area contributed by atoms with E-state index in [1.165, 1.54) is 121 Å². The molecule has 1 N–H and O–H groups in total. The lowest BCUT2D eigenvalue weighted by Gasteiger charge is -2.12. The number of nitrogens with one attached hydrogen (secondary N) is 1. The van der Waals surface area contributed by atoms with Crippen molar-refractivity contribution in [3.8, 4) is 0 Å². The van der Waals surface area contributed by atoms with Crippen molar-refractivity contribution in [1.29, 1.82) is 0 Å². The van der Waals surface area contributed by atoms with Crippen molar-refractivity contribution in [2.75, 3.05) is 5.32 Å². The SMILES string of the molecule is CCCCCCCCCCCCCCC(=O)Nc1ccc2nc(CCCCCC)c(CCCCCC)nc2c1. The number of carbonyl (C=O) groups excluding carboxylic acids is 1. The maximum absolute atomic E-state index is 12.6. The van der Waals surface area contributed by atoms with E-state index in [1.54, 1.807) is 0 Å². The number of unbranched alkanes of at least 4 members (excludes halogenated alkanes) is 17. The molecule has 2 rings (SSSR count). The minimum Gasteiger partial charge on any atom is -0.326 e. The standard InChI is InChI=1S/C35H59N3O/c1-4-7-10-13-14-15-16-17-18-19-20-23-26-35(39)36-30-27-28-33-34(29-30)38-32(25-22-12-9-6-3)31(37-33)24-21-11-8-5-2/h27-29H,4-26H2,1-3H3,(H,36,39). The van der Waals surface area contributed by atoms with Crippen LogP contribution in [0.2, 0.25) is 0 Å². The molecular formula is C35H59N3O. The number of aryl methyl sites for hydroxylation is 2. The predicted octanol–water partition coefficient (Wildman–Crippen LogP) is 10.9. The maximum Gasteiger partial charge on any atom is 0.224 e. The monoisotopic (exact) mass is 537 g/mol. The van der Waals surface area contributed by atoms with Crippen molar-refractivity contribution in [2.24, 2.45) is 0 Å². The van der Waals surface area contributed by atoms with E-state index >= 15 is 0 Å². The summed E-state index contributed by atoms with van der Waals surface area (Å²) >= 11 is 0. The highest BCUT2D eigenvalue weighted by atomic mass is 16.1. The topological polar surface area (TPSA) is 54.9 Å². The van der Waals surface area contributed by atoms with E-state index in [0.717, 1.165) is 48.1 Å². The van der Waals surface area contributed by atoms with Crippen LogP contribution >= 0.6 is 0 Å². The Kier molecular flexibility index (Phi) is 18.6. The first kappa shape index (κ1) is 33.2. The van der Waals surface area contributed by atoms with Crippen LogP contribution in [-0.2, 0) is 17.6 Å². The summed E-state index contributed by atoms with van der Waals surface area (Å²) in [5.74, 6) is 0.113. The summed E-state index contributed by atoms with van der Waals surface area (Å²) in [7, 11) is 0. The van der Waals surface area contributed by atoms with Crippen LogP contribution in [0.5, 0.6) is 0 Å². The number of aromatic nitrogens is 2. The number of anilines is 1. The first-order chi connectivity index (χ1) is 19.2. The Morgan fingerprint density at radius 1 is 0.564 bits per heavy atom. The average Bonchev–Trinajstić information content (AvgIpc) is 2.94. The fraction of sp³-hybridized carbons (Fsp3) is 0.743. The molecule has 1 aromatic carbocycles. The van der Waals surface area contributed by atoms with Gasteiger partial charge in [0.05, 0.1) is 22.4 Å². The molecule has 0 spiro atoms.